The minimum Gasteiger partial charge on any atom is -0.322 e. The van der Waals surface area contributed by atoms with Crippen LogP contribution in [-0.4, -0.2) is 10.5 Å². The van der Waals surface area contributed by atoms with Gasteiger partial charge in [-0.1, -0.05) is 22.0 Å². The highest BCUT2D eigenvalue weighted by atomic mass is 79.9. The summed E-state index contributed by atoms with van der Waals surface area (Å²) in [5.41, 5.74) is 1.82. The number of hydrogen-bond donors (Lipinski definition) is 2. The summed E-state index contributed by atoms with van der Waals surface area (Å²) in [6, 6.07) is 7.72. The summed E-state index contributed by atoms with van der Waals surface area (Å²) in [7, 11) is -2.64. The van der Waals surface area contributed by atoms with Crippen LogP contribution in [0.4, 0.5) is 5.69 Å². The van der Waals surface area contributed by atoms with Crippen LogP contribution in [0.1, 0.15) is 15.8 Å². The number of thiophene rings is 1. The molecule has 1 aliphatic rings. The molecule has 0 fully saturated rings. The molecular formula is C12H11BrClNOS2. The lowest BCUT2D eigenvalue weighted by Crippen LogP contribution is -2.20. The number of fused-ring (bicyclic) bond motifs is 2. The van der Waals surface area contributed by atoms with Gasteiger partial charge in [0, 0.05) is 15.6 Å². The average molecular weight is 365 g/mol. The summed E-state index contributed by atoms with van der Waals surface area (Å²) in [6.45, 7) is 0. The highest BCUT2D eigenvalue weighted by Crippen LogP contribution is 2.45. The van der Waals surface area contributed by atoms with Crippen molar-refractivity contribution in [2.45, 2.75) is 10.3 Å². The molecular weight excluding hydrogens is 354 g/mol. The fourth-order valence-corrected chi connectivity index (χ4v) is 5.99. The van der Waals surface area contributed by atoms with Gasteiger partial charge in [0.15, 0.2) is 0 Å². The third kappa shape index (κ3) is 1.93. The minimum atomic E-state index is -2.64. The molecule has 1 aliphatic heterocycles. The van der Waals surface area contributed by atoms with Crippen LogP contribution in [-0.2, 0) is 10.1 Å². The average Bonchev–Trinajstić information content (AvgIpc) is 2.72. The topological polar surface area (TPSA) is 29.1 Å². The predicted octanol–water partition coefficient (Wildman–Crippen LogP) is 4.18. The van der Waals surface area contributed by atoms with E-state index in [2.05, 4.69) is 20.7 Å². The molecule has 96 valence electrons. The van der Waals surface area contributed by atoms with Crippen molar-refractivity contribution in [2.75, 3.05) is 11.0 Å². The van der Waals surface area contributed by atoms with Gasteiger partial charge >= 0.3 is 0 Å². The molecule has 0 aliphatic carbocycles. The van der Waals surface area contributed by atoms with Gasteiger partial charge in [-0.2, -0.15) is 0 Å². The first-order chi connectivity index (χ1) is 8.49. The number of benzene rings is 1. The number of nitrogens with one attached hydrogen (secondary N) is 1. The molecule has 1 N–H and O–H groups in total. The molecule has 1 atom stereocenters. The summed E-state index contributed by atoms with van der Waals surface area (Å²) < 4.78 is 16.9. The van der Waals surface area contributed by atoms with Crippen molar-refractivity contribution in [3.8, 4) is 0 Å². The van der Waals surface area contributed by atoms with E-state index in [0.717, 1.165) is 25.5 Å². The second-order valence-corrected chi connectivity index (χ2v) is 9.15. The molecule has 0 saturated heterocycles. The standard InChI is InChI=1S/C12H11BrClNOS2/c1-18(16)10-6-7(13)2-3-8(10)11(14)12-9(15-18)4-5-17-12/h2-6,11,18H,1H3,(H,15,16). The van der Waals surface area contributed by atoms with E-state index < -0.39 is 10.1 Å². The Labute approximate surface area is 124 Å². The Bertz CT molecular complexity index is 670. The lowest BCUT2D eigenvalue weighted by atomic mass is 10.1. The van der Waals surface area contributed by atoms with Crippen LogP contribution in [0.15, 0.2) is 39.0 Å². The molecule has 1 unspecified atom stereocenters. The Kier molecular flexibility index (Phi) is 3.05. The van der Waals surface area contributed by atoms with Crippen LogP contribution in [0, 0.1) is 0 Å². The maximum atomic E-state index is 12.8. The number of halogens is 2. The molecule has 6 heteroatoms. The normalized spacial score (nSPS) is 22.3. The molecule has 18 heavy (non-hydrogen) atoms. The van der Waals surface area contributed by atoms with Crippen molar-refractivity contribution in [3.05, 3.63) is 44.6 Å². The Morgan fingerprint density at radius 2 is 2.22 bits per heavy atom. The van der Waals surface area contributed by atoms with E-state index in [1.165, 1.54) is 0 Å². The van der Waals surface area contributed by atoms with E-state index in [4.69, 9.17) is 11.6 Å². The van der Waals surface area contributed by atoms with Gasteiger partial charge in [-0.3, -0.25) is 4.21 Å². The third-order valence-corrected chi connectivity index (χ3v) is 7.02. The molecule has 0 bridgehead atoms. The molecule has 3 rings (SSSR count). The first-order valence-corrected chi connectivity index (χ1v) is 9.62. The van der Waals surface area contributed by atoms with Crippen LogP contribution in [0.3, 0.4) is 0 Å². The number of thiol groups is 1. The first-order valence-electron chi connectivity index (χ1n) is 5.36. The van der Waals surface area contributed by atoms with E-state index in [0.29, 0.717) is 0 Å². The molecule has 2 nitrogen and oxygen atoms in total. The summed E-state index contributed by atoms with van der Waals surface area (Å²) >= 11 is 11.5. The molecule has 2 heterocycles. The van der Waals surface area contributed by atoms with Gasteiger partial charge in [-0.15, -0.1) is 22.9 Å². The largest absolute Gasteiger partial charge is 0.322 e. The van der Waals surface area contributed by atoms with Gasteiger partial charge in [0.25, 0.3) is 0 Å². The van der Waals surface area contributed by atoms with E-state index in [9.17, 15) is 4.21 Å². The van der Waals surface area contributed by atoms with Gasteiger partial charge in [0.1, 0.15) is 0 Å². The number of hydrogen-bond acceptors (Lipinski definition) is 2. The molecule has 2 aromatic rings. The third-order valence-electron chi connectivity index (χ3n) is 2.98. The molecule has 1 aromatic carbocycles. The monoisotopic (exact) mass is 363 g/mol. The number of alkyl halides is 1. The molecule has 0 amide bonds. The SMILES string of the molecule is C[SH]1(=O)Nc2ccsc2C(Cl)c2ccc(Br)cc21. The van der Waals surface area contributed by atoms with E-state index in [-0.39, 0.29) is 5.38 Å². The smallest absolute Gasteiger partial charge is 0.0960 e. The van der Waals surface area contributed by atoms with Crippen LogP contribution >= 0.6 is 38.9 Å². The van der Waals surface area contributed by atoms with Crippen LogP contribution in [0.2, 0.25) is 0 Å². The Morgan fingerprint density at radius 1 is 1.44 bits per heavy atom. The van der Waals surface area contributed by atoms with Gasteiger partial charge in [-0.25, -0.2) is 0 Å². The van der Waals surface area contributed by atoms with Crippen molar-refractivity contribution >= 4 is 54.7 Å². The lowest BCUT2D eigenvalue weighted by Gasteiger charge is -2.22. The van der Waals surface area contributed by atoms with Crippen molar-refractivity contribution in [3.63, 3.8) is 0 Å². The zero-order valence-electron chi connectivity index (χ0n) is 9.48. The Hall–Kier alpha value is -0.360. The Morgan fingerprint density at radius 3 is 3.00 bits per heavy atom. The summed E-state index contributed by atoms with van der Waals surface area (Å²) in [6.07, 6.45) is 1.74. The molecule has 0 spiro atoms. The predicted molar refractivity (Wildman–Crippen MR) is 83.5 cm³/mol. The van der Waals surface area contributed by atoms with Crippen LogP contribution in [0.25, 0.3) is 0 Å². The molecule has 0 saturated carbocycles. The van der Waals surface area contributed by atoms with Crippen molar-refractivity contribution in [1.29, 1.82) is 0 Å². The lowest BCUT2D eigenvalue weighted by molar-refractivity contribution is 0.677. The summed E-state index contributed by atoms with van der Waals surface area (Å²) in [5.74, 6) is 0. The van der Waals surface area contributed by atoms with Crippen molar-refractivity contribution in [1.82, 2.24) is 0 Å². The van der Waals surface area contributed by atoms with Gasteiger partial charge < -0.3 is 4.72 Å². The zero-order chi connectivity index (χ0) is 12.9. The Balaban J connectivity index is 2.31. The first kappa shape index (κ1) is 12.7. The molecule has 1 aromatic heterocycles. The minimum absolute atomic E-state index is 0.244. The zero-order valence-corrected chi connectivity index (χ0v) is 13.5. The van der Waals surface area contributed by atoms with Gasteiger partial charge in [0.05, 0.1) is 15.9 Å². The van der Waals surface area contributed by atoms with Crippen molar-refractivity contribution in [2.24, 2.45) is 0 Å². The number of anilines is 1. The highest BCUT2D eigenvalue weighted by Gasteiger charge is 2.29. The van der Waals surface area contributed by atoms with Crippen molar-refractivity contribution < 1.29 is 4.21 Å². The quantitative estimate of drug-likeness (QED) is 0.533. The maximum Gasteiger partial charge on any atom is 0.0960 e. The van der Waals surface area contributed by atoms with E-state index in [1.54, 1.807) is 17.6 Å². The van der Waals surface area contributed by atoms with E-state index >= 15 is 0 Å². The highest BCUT2D eigenvalue weighted by molar-refractivity contribution is 9.10. The fourth-order valence-electron chi connectivity index (χ4n) is 2.14. The maximum absolute atomic E-state index is 12.8. The fraction of sp³-hybridized carbons (Fsp3) is 0.167. The second-order valence-electron chi connectivity index (χ2n) is 4.30. The molecule has 0 radical (unpaired) electrons. The van der Waals surface area contributed by atoms with Crippen LogP contribution in [0.5, 0.6) is 0 Å². The van der Waals surface area contributed by atoms with Gasteiger partial charge in [-0.05, 0) is 39.3 Å². The number of rotatable bonds is 0. The summed E-state index contributed by atoms with van der Waals surface area (Å²) in [4.78, 5) is 1.83. The van der Waals surface area contributed by atoms with E-state index in [1.807, 2.05) is 29.6 Å². The van der Waals surface area contributed by atoms with Crippen LogP contribution < -0.4 is 4.72 Å². The van der Waals surface area contributed by atoms with Gasteiger partial charge in [0.2, 0.25) is 0 Å². The second kappa shape index (κ2) is 4.34. The summed E-state index contributed by atoms with van der Waals surface area (Å²) in [5, 5.41) is 1.73.